The zero-order valence-electron chi connectivity index (χ0n) is 10.4. The summed E-state index contributed by atoms with van der Waals surface area (Å²) in [5.74, 6) is 0.137. The van der Waals surface area contributed by atoms with Crippen molar-refractivity contribution in [1.29, 1.82) is 0 Å². The van der Waals surface area contributed by atoms with Crippen molar-refractivity contribution in [3.63, 3.8) is 0 Å². The van der Waals surface area contributed by atoms with Crippen LogP contribution in [0.15, 0.2) is 46.2 Å². The fraction of sp³-hybridized carbons (Fsp3) is 0.133. The number of aryl methyl sites for hydroxylation is 1. The van der Waals surface area contributed by atoms with Gasteiger partial charge in [0.25, 0.3) is 0 Å². The van der Waals surface area contributed by atoms with Crippen LogP contribution in [0.25, 0.3) is 11.0 Å². The summed E-state index contributed by atoms with van der Waals surface area (Å²) in [5, 5.41) is 2.84. The van der Waals surface area contributed by atoms with Crippen molar-refractivity contribution in [2.45, 2.75) is 13.0 Å². The van der Waals surface area contributed by atoms with Crippen LogP contribution in [0.4, 0.5) is 0 Å². The monoisotopic (exact) mass is 271 g/mol. The number of carbonyl (C=O) groups is 1. The minimum Gasteiger partial charge on any atom is -0.453 e. The Morgan fingerprint density at radius 1 is 1.32 bits per heavy atom. The smallest absolute Gasteiger partial charge is 0.219 e. The standard InChI is InChI=1S/C15H13NO2S/c1-9-4-5-11-10(7-9)8-12(18-11)15(17)14(16)13-3-2-6-19-13/h2-8,14H,16H2,1H3. The summed E-state index contributed by atoms with van der Waals surface area (Å²) in [6.45, 7) is 2.01. The molecule has 0 amide bonds. The Balaban J connectivity index is 1.97. The van der Waals surface area contributed by atoms with Crippen molar-refractivity contribution < 1.29 is 9.21 Å². The van der Waals surface area contributed by atoms with E-state index < -0.39 is 6.04 Å². The van der Waals surface area contributed by atoms with Crippen molar-refractivity contribution >= 4 is 28.1 Å². The topological polar surface area (TPSA) is 56.2 Å². The highest BCUT2D eigenvalue weighted by atomic mass is 32.1. The van der Waals surface area contributed by atoms with E-state index in [1.165, 1.54) is 11.3 Å². The van der Waals surface area contributed by atoms with Gasteiger partial charge in [0.05, 0.1) is 0 Å². The molecule has 3 rings (SSSR count). The van der Waals surface area contributed by atoms with Gasteiger partial charge in [-0.25, -0.2) is 0 Å². The van der Waals surface area contributed by atoms with Crippen molar-refractivity contribution in [1.82, 2.24) is 0 Å². The molecule has 0 aliphatic heterocycles. The first-order valence-electron chi connectivity index (χ1n) is 5.98. The third-order valence-corrected chi connectivity index (χ3v) is 4.00. The predicted octanol–water partition coefficient (Wildman–Crippen LogP) is 3.69. The average molecular weight is 271 g/mol. The molecule has 96 valence electrons. The van der Waals surface area contributed by atoms with Crippen LogP contribution < -0.4 is 5.73 Å². The minimum atomic E-state index is -0.651. The van der Waals surface area contributed by atoms with Gasteiger partial charge in [-0.2, -0.15) is 0 Å². The Hall–Kier alpha value is -1.91. The Bertz CT molecular complexity index is 728. The minimum absolute atomic E-state index is 0.184. The number of fused-ring (bicyclic) bond motifs is 1. The van der Waals surface area contributed by atoms with Gasteiger partial charge in [0.15, 0.2) is 5.76 Å². The highest BCUT2D eigenvalue weighted by molar-refractivity contribution is 7.10. The molecule has 0 fully saturated rings. The first kappa shape index (κ1) is 12.1. The molecule has 0 saturated carbocycles. The molecule has 2 aromatic heterocycles. The van der Waals surface area contributed by atoms with Gasteiger partial charge in [-0.3, -0.25) is 4.79 Å². The highest BCUT2D eigenvalue weighted by Crippen LogP contribution is 2.25. The summed E-state index contributed by atoms with van der Waals surface area (Å²) in [7, 11) is 0. The molecule has 2 N–H and O–H groups in total. The molecule has 4 heteroatoms. The second-order valence-corrected chi connectivity index (χ2v) is 5.49. The van der Waals surface area contributed by atoms with Gasteiger partial charge < -0.3 is 10.2 Å². The summed E-state index contributed by atoms with van der Waals surface area (Å²) < 4.78 is 5.58. The second kappa shape index (κ2) is 4.64. The maximum Gasteiger partial charge on any atom is 0.219 e. The highest BCUT2D eigenvalue weighted by Gasteiger charge is 2.22. The molecule has 1 atom stereocenters. The molecular formula is C15H13NO2S. The Morgan fingerprint density at radius 3 is 2.89 bits per heavy atom. The van der Waals surface area contributed by atoms with E-state index in [0.717, 1.165) is 15.8 Å². The van der Waals surface area contributed by atoms with E-state index in [4.69, 9.17) is 10.2 Å². The van der Waals surface area contributed by atoms with Gasteiger partial charge in [-0.05, 0) is 36.6 Å². The second-order valence-electron chi connectivity index (χ2n) is 4.51. The lowest BCUT2D eigenvalue weighted by Crippen LogP contribution is -2.19. The third-order valence-electron chi connectivity index (χ3n) is 3.05. The summed E-state index contributed by atoms with van der Waals surface area (Å²) in [5.41, 5.74) is 7.82. The quantitative estimate of drug-likeness (QED) is 0.739. The number of benzene rings is 1. The molecular weight excluding hydrogens is 258 g/mol. The largest absolute Gasteiger partial charge is 0.453 e. The molecule has 0 saturated heterocycles. The molecule has 3 nitrogen and oxygen atoms in total. The van der Waals surface area contributed by atoms with Gasteiger partial charge in [-0.15, -0.1) is 11.3 Å². The van der Waals surface area contributed by atoms with Crippen LogP contribution in [0.1, 0.15) is 27.0 Å². The van der Waals surface area contributed by atoms with Crippen LogP contribution in [0.3, 0.4) is 0 Å². The maximum absolute atomic E-state index is 12.3. The first-order chi connectivity index (χ1) is 9.15. The Morgan fingerprint density at radius 2 is 2.16 bits per heavy atom. The summed E-state index contributed by atoms with van der Waals surface area (Å²) >= 11 is 1.48. The van der Waals surface area contributed by atoms with E-state index in [0.29, 0.717) is 11.3 Å². The maximum atomic E-state index is 12.3. The van der Waals surface area contributed by atoms with E-state index in [-0.39, 0.29) is 5.78 Å². The van der Waals surface area contributed by atoms with E-state index >= 15 is 0 Å². The number of carbonyl (C=O) groups excluding carboxylic acids is 1. The molecule has 0 bridgehead atoms. The van der Waals surface area contributed by atoms with E-state index in [9.17, 15) is 4.79 Å². The van der Waals surface area contributed by atoms with Gasteiger partial charge in [0.1, 0.15) is 11.6 Å². The third kappa shape index (κ3) is 2.20. The molecule has 0 radical (unpaired) electrons. The van der Waals surface area contributed by atoms with Gasteiger partial charge in [0, 0.05) is 10.3 Å². The van der Waals surface area contributed by atoms with Gasteiger partial charge in [-0.1, -0.05) is 17.7 Å². The molecule has 0 aliphatic carbocycles. The van der Waals surface area contributed by atoms with Crippen LogP contribution in [0.5, 0.6) is 0 Å². The first-order valence-corrected chi connectivity index (χ1v) is 6.86. The number of ketones is 1. The van der Waals surface area contributed by atoms with Gasteiger partial charge in [0.2, 0.25) is 5.78 Å². The number of Topliss-reactive ketones (excluding diaryl/α,β-unsaturated/α-hetero) is 1. The average Bonchev–Trinajstić information content (AvgIpc) is 3.05. The number of hydrogen-bond acceptors (Lipinski definition) is 4. The number of furan rings is 1. The van der Waals surface area contributed by atoms with Crippen LogP contribution in [-0.2, 0) is 0 Å². The van der Waals surface area contributed by atoms with E-state index in [1.54, 1.807) is 6.07 Å². The fourth-order valence-electron chi connectivity index (χ4n) is 2.03. The van der Waals surface area contributed by atoms with Crippen molar-refractivity contribution in [2.24, 2.45) is 5.73 Å². The van der Waals surface area contributed by atoms with E-state index in [1.807, 2.05) is 42.6 Å². The zero-order valence-corrected chi connectivity index (χ0v) is 11.2. The molecule has 0 aliphatic rings. The molecule has 0 spiro atoms. The molecule has 1 unspecified atom stereocenters. The summed E-state index contributed by atoms with van der Waals surface area (Å²) in [6.07, 6.45) is 0. The van der Waals surface area contributed by atoms with Crippen LogP contribution in [0, 0.1) is 6.92 Å². The fourth-order valence-corrected chi connectivity index (χ4v) is 2.76. The molecule has 3 aromatic rings. The van der Waals surface area contributed by atoms with Crippen molar-refractivity contribution in [3.05, 3.63) is 58.0 Å². The van der Waals surface area contributed by atoms with Crippen LogP contribution in [-0.4, -0.2) is 5.78 Å². The lowest BCUT2D eigenvalue weighted by Gasteiger charge is -2.05. The SMILES string of the molecule is Cc1ccc2oc(C(=O)C(N)c3cccs3)cc2c1. The van der Waals surface area contributed by atoms with Gasteiger partial charge >= 0.3 is 0 Å². The number of rotatable bonds is 3. The summed E-state index contributed by atoms with van der Waals surface area (Å²) in [4.78, 5) is 13.1. The zero-order chi connectivity index (χ0) is 13.4. The predicted molar refractivity (Wildman–Crippen MR) is 76.5 cm³/mol. The molecule has 1 aromatic carbocycles. The molecule has 2 heterocycles. The van der Waals surface area contributed by atoms with Crippen molar-refractivity contribution in [3.8, 4) is 0 Å². The Kier molecular flexibility index (Phi) is 2.97. The lowest BCUT2D eigenvalue weighted by molar-refractivity contribution is 0.0937. The van der Waals surface area contributed by atoms with E-state index in [2.05, 4.69) is 0 Å². The van der Waals surface area contributed by atoms with Crippen LogP contribution in [0.2, 0.25) is 0 Å². The summed E-state index contributed by atoms with van der Waals surface area (Å²) in [6, 6.07) is 10.7. The normalized spacial score (nSPS) is 12.7. The number of hydrogen-bond donors (Lipinski definition) is 1. The van der Waals surface area contributed by atoms with Crippen LogP contribution >= 0.6 is 11.3 Å². The molecule has 19 heavy (non-hydrogen) atoms. The Labute approximate surface area is 114 Å². The number of thiophene rings is 1. The lowest BCUT2D eigenvalue weighted by atomic mass is 10.1. The number of nitrogens with two attached hydrogens (primary N) is 1. The van der Waals surface area contributed by atoms with Crippen molar-refractivity contribution in [2.75, 3.05) is 0 Å².